The fraction of sp³-hybridized carbons (Fsp3) is 0.278. The Morgan fingerprint density at radius 3 is 2.50 bits per heavy atom. The number of carbonyl (C=O) groups excluding carboxylic acids is 1. The van der Waals surface area contributed by atoms with Crippen LogP contribution in [-0.4, -0.2) is 51.5 Å². The van der Waals surface area contributed by atoms with E-state index in [9.17, 15) is 26.4 Å². The fourth-order valence-electron chi connectivity index (χ4n) is 2.74. The molecule has 1 saturated heterocycles. The second-order valence-electron chi connectivity index (χ2n) is 6.14. The van der Waals surface area contributed by atoms with E-state index in [-0.39, 0.29) is 47.7 Å². The zero-order chi connectivity index (χ0) is 21.9. The summed E-state index contributed by atoms with van der Waals surface area (Å²) in [5.74, 6) is -2.17. The number of amides is 1. The largest absolute Gasteiger partial charge is 0.433 e. The number of morpholine rings is 1. The number of anilines is 1. The predicted octanol–water partition coefficient (Wildman–Crippen LogP) is 3.35. The number of hydrogen-bond donors (Lipinski definition) is 1. The molecular weight excluding hydrogens is 449 g/mol. The van der Waals surface area contributed by atoms with E-state index in [1.165, 1.54) is 10.4 Å². The fourth-order valence-corrected chi connectivity index (χ4v) is 4.40. The van der Waals surface area contributed by atoms with E-state index in [2.05, 4.69) is 10.1 Å². The molecular formula is C18H16ClF3N2O5S. The van der Waals surface area contributed by atoms with Gasteiger partial charge in [-0.25, -0.2) is 12.8 Å². The highest BCUT2D eigenvalue weighted by atomic mass is 35.5. The molecule has 7 nitrogen and oxygen atoms in total. The van der Waals surface area contributed by atoms with Crippen molar-refractivity contribution in [1.82, 2.24) is 4.31 Å². The number of nitrogens with one attached hydrogen (secondary N) is 1. The van der Waals surface area contributed by atoms with E-state index in [4.69, 9.17) is 16.3 Å². The zero-order valence-electron chi connectivity index (χ0n) is 15.3. The summed E-state index contributed by atoms with van der Waals surface area (Å²) in [6.07, 6.45) is 0. The van der Waals surface area contributed by atoms with Gasteiger partial charge in [0.25, 0.3) is 5.91 Å². The minimum absolute atomic E-state index is 0.0763. The number of halogens is 4. The normalized spacial score (nSPS) is 15.2. The minimum atomic E-state index is -3.93. The molecule has 1 aliphatic rings. The minimum Gasteiger partial charge on any atom is -0.433 e. The van der Waals surface area contributed by atoms with Crippen LogP contribution in [0.5, 0.6) is 5.75 Å². The smallest absolute Gasteiger partial charge is 0.387 e. The topological polar surface area (TPSA) is 84.9 Å². The van der Waals surface area contributed by atoms with Crippen molar-refractivity contribution < 1.29 is 35.9 Å². The van der Waals surface area contributed by atoms with Crippen LogP contribution in [0.4, 0.5) is 18.9 Å². The van der Waals surface area contributed by atoms with Crippen LogP contribution in [-0.2, 0) is 14.8 Å². The van der Waals surface area contributed by atoms with Crippen LogP contribution in [0.15, 0.2) is 41.3 Å². The molecule has 0 bridgehead atoms. The summed E-state index contributed by atoms with van der Waals surface area (Å²) >= 11 is 5.83. The van der Waals surface area contributed by atoms with E-state index < -0.39 is 33.9 Å². The Balaban J connectivity index is 1.82. The van der Waals surface area contributed by atoms with Gasteiger partial charge in [-0.05, 0) is 36.4 Å². The summed E-state index contributed by atoms with van der Waals surface area (Å²) in [5, 5.41) is 2.15. The Hall–Kier alpha value is -2.34. The lowest BCUT2D eigenvalue weighted by molar-refractivity contribution is -0.0497. The number of alkyl halides is 2. The highest BCUT2D eigenvalue weighted by Crippen LogP contribution is 2.29. The predicted molar refractivity (Wildman–Crippen MR) is 102 cm³/mol. The summed E-state index contributed by atoms with van der Waals surface area (Å²) in [6.45, 7) is -2.31. The molecule has 1 fully saturated rings. The molecule has 2 aromatic carbocycles. The van der Waals surface area contributed by atoms with Gasteiger partial charge in [-0.1, -0.05) is 11.6 Å². The lowest BCUT2D eigenvalue weighted by atomic mass is 10.2. The molecule has 1 aliphatic heterocycles. The Morgan fingerprint density at radius 2 is 1.87 bits per heavy atom. The molecule has 2 aromatic rings. The van der Waals surface area contributed by atoms with E-state index in [1.54, 1.807) is 0 Å². The molecule has 30 heavy (non-hydrogen) atoms. The SMILES string of the molecule is O=C(Nc1ccc(OC(F)F)c(Cl)c1)c1cc(S(=O)(=O)N2CCOCC2)ccc1F. The molecule has 162 valence electrons. The van der Waals surface area contributed by atoms with E-state index in [1.807, 2.05) is 0 Å². The maximum absolute atomic E-state index is 14.2. The first-order chi connectivity index (χ1) is 14.2. The maximum Gasteiger partial charge on any atom is 0.387 e. The molecule has 0 aromatic heterocycles. The third-order valence-corrected chi connectivity index (χ3v) is 6.39. The third-order valence-electron chi connectivity index (χ3n) is 4.20. The molecule has 1 heterocycles. The van der Waals surface area contributed by atoms with Crippen molar-refractivity contribution in [2.75, 3.05) is 31.6 Å². The van der Waals surface area contributed by atoms with Crippen molar-refractivity contribution in [1.29, 1.82) is 0 Å². The monoisotopic (exact) mass is 464 g/mol. The second-order valence-corrected chi connectivity index (χ2v) is 8.48. The standard InChI is InChI=1S/C18H16ClF3N2O5S/c19-14-9-11(1-4-16(14)29-18(21)22)23-17(25)13-10-12(2-3-15(13)20)30(26,27)24-5-7-28-8-6-24/h1-4,9-10,18H,5-8H2,(H,23,25). The first-order valence-electron chi connectivity index (χ1n) is 8.61. The average Bonchev–Trinajstić information content (AvgIpc) is 2.70. The van der Waals surface area contributed by atoms with Crippen LogP contribution in [0.2, 0.25) is 5.02 Å². The number of sulfonamides is 1. The van der Waals surface area contributed by atoms with Crippen LogP contribution >= 0.6 is 11.6 Å². The number of hydrogen-bond acceptors (Lipinski definition) is 5. The summed E-state index contributed by atoms with van der Waals surface area (Å²) in [5.41, 5.74) is -0.430. The number of nitrogens with zero attached hydrogens (tertiary/aromatic N) is 1. The van der Waals surface area contributed by atoms with Crippen LogP contribution in [0, 0.1) is 5.82 Å². The molecule has 0 aliphatic carbocycles. The van der Waals surface area contributed by atoms with E-state index >= 15 is 0 Å². The first-order valence-corrected chi connectivity index (χ1v) is 10.4. The van der Waals surface area contributed by atoms with Crippen molar-refractivity contribution in [2.45, 2.75) is 11.5 Å². The van der Waals surface area contributed by atoms with Crippen molar-refractivity contribution in [3.63, 3.8) is 0 Å². The number of carbonyl (C=O) groups is 1. The molecule has 12 heteroatoms. The lowest BCUT2D eigenvalue weighted by Crippen LogP contribution is -2.40. The van der Waals surface area contributed by atoms with Gasteiger partial charge in [0, 0.05) is 18.8 Å². The summed E-state index contributed by atoms with van der Waals surface area (Å²) in [4.78, 5) is 12.2. The van der Waals surface area contributed by atoms with Gasteiger partial charge in [0.1, 0.15) is 11.6 Å². The van der Waals surface area contributed by atoms with Crippen LogP contribution < -0.4 is 10.1 Å². The van der Waals surface area contributed by atoms with E-state index in [0.29, 0.717) is 0 Å². The van der Waals surface area contributed by atoms with Gasteiger partial charge in [-0.2, -0.15) is 13.1 Å². The van der Waals surface area contributed by atoms with Crippen LogP contribution in [0.3, 0.4) is 0 Å². The Kier molecular flexibility index (Phi) is 6.86. The number of benzene rings is 2. The van der Waals surface area contributed by atoms with Gasteiger partial charge in [0.15, 0.2) is 0 Å². The molecule has 0 spiro atoms. The highest BCUT2D eigenvalue weighted by molar-refractivity contribution is 7.89. The average molecular weight is 465 g/mol. The second kappa shape index (κ2) is 9.21. The van der Waals surface area contributed by atoms with E-state index in [0.717, 1.165) is 30.3 Å². The Bertz CT molecular complexity index is 1050. The van der Waals surface area contributed by atoms with Gasteiger partial charge in [0.2, 0.25) is 10.0 Å². The molecule has 0 radical (unpaired) electrons. The summed E-state index contributed by atoms with van der Waals surface area (Å²) < 4.78 is 74.8. The van der Waals surface area contributed by atoms with Gasteiger partial charge >= 0.3 is 6.61 Å². The van der Waals surface area contributed by atoms with Crippen molar-refractivity contribution in [3.8, 4) is 5.75 Å². The third kappa shape index (κ3) is 5.04. The van der Waals surface area contributed by atoms with Gasteiger partial charge < -0.3 is 14.8 Å². The zero-order valence-corrected chi connectivity index (χ0v) is 16.9. The van der Waals surface area contributed by atoms with Crippen LogP contribution in [0.25, 0.3) is 0 Å². The van der Waals surface area contributed by atoms with Gasteiger partial charge in [-0.15, -0.1) is 0 Å². The van der Waals surface area contributed by atoms with Crippen LogP contribution in [0.1, 0.15) is 10.4 Å². The highest BCUT2D eigenvalue weighted by Gasteiger charge is 2.28. The molecule has 0 saturated carbocycles. The molecule has 1 N–H and O–H groups in total. The number of ether oxygens (including phenoxy) is 2. The Morgan fingerprint density at radius 1 is 1.17 bits per heavy atom. The van der Waals surface area contributed by atoms with Crippen molar-refractivity contribution >= 4 is 33.2 Å². The van der Waals surface area contributed by atoms with Gasteiger partial charge in [-0.3, -0.25) is 4.79 Å². The van der Waals surface area contributed by atoms with Crippen molar-refractivity contribution in [3.05, 3.63) is 52.8 Å². The molecule has 1 amide bonds. The first kappa shape index (κ1) is 22.3. The lowest BCUT2D eigenvalue weighted by Gasteiger charge is -2.26. The molecule has 0 atom stereocenters. The van der Waals surface area contributed by atoms with Crippen molar-refractivity contribution in [2.24, 2.45) is 0 Å². The molecule has 0 unspecified atom stereocenters. The summed E-state index contributed by atoms with van der Waals surface area (Å²) in [6, 6.07) is 6.38. The molecule has 3 rings (SSSR count). The Labute approximate surface area is 175 Å². The van der Waals surface area contributed by atoms with Gasteiger partial charge in [0.05, 0.1) is 28.7 Å². The number of rotatable bonds is 6. The summed E-state index contributed by atoms with van der Waals surface area (Å²) in [7, 11) is -3.93. The quantitative estimate of drug-likeness (QED) is 0.708. The maximum atomic E-state index is 14.2.